The fourth-order valence-corrected chi connectivity index (χ4v) is 3.33. The Kier molecular flexibility index (Phi) is 4.95. The van der Waals surface area contributed by atoms with Crippen molar-refractivity contribution in [3.8, 4) is 0 Å². The molecule has 19 heavy (non-hydrogen) atoms. The van der Waals surface area contributed by atoms with Gasteiger partial charge >= 0.3 is 0 Å². The predicted octanol–water partition coefficient (Wildman–Crippen LogP) is 1.20. The maximum Gasteiger partial charge on any atom is 0.223 e. The number of rotatable bonds is 5. The van der Waals surface area contributed by atoms with Crippen molar-refractivity contribution in [1.82, 2.24) is 9.97 Å². The van der Waals surface area contributed by atoms with Gasteiger partial charge in [0.15, 0.2) is 0 Å². The van der Waals surface area contributed by atoms with Crippen LogP contribution in [0.3, 0.4) is 0 Å². The molecular formula is C12H21N5OS. The van der Waals surface area contributed by atoms with E-state index in [1.807, 2.05) is 6.07 Å². The first-order valence-corrected chi connectivity index (χ1v) is 8.16. The van der Waals surface area contributed by atoms with Crippen molar-refractivity contribution in [2.45, 2.75) is 32.2 Å². The van der Waals surface area contributed by atoms with E-state index in [1.54, 1.807) is 0 Å². The van der Waals surface area contributed by atoms with Crippen LogP contribution in [0, 0.1) is 0 Å². The van der Waals surface area contributed by atoms with E-state index in [0.29, 0.717) is 6.04 Å². The van der Waals surface area contributed by atoms with Gasteiger partial charge in [-0.3, -0.25) is 4.21 Å². The second-order valence-electron chi connectivity index (χ2n) is 4.69. The third kappa shape index (κ3) is 4.34. The van der Waals surface area contributed by atoms with Gasteiger partial charge in [0.2, 0.25) is 5.95 Å². The van der Waals surface area contributed by atoms with Gasteiger partial charge in [-0.25, -0.2) is 0 Å². The number of nitrogens with one attached hydrogen (secondary N) is 2. The van der Waals surface area contributed by atoms with Gasteiger partial charge in [-0.05, 0) is 19.3 Å². The van der Waals surface area contributed by atoms with Crippen molar-refractivity contribution in [2.24, 2.45) is 0 Å². The average molecular weight is 283 g/mol. The fourth-order valence-electron chi connectivity index (χ4n) is 2.03. The second kappa shape index (κ2) is 6.70. The smallest absolute Gasteiger partial charge is 0.223 e. The van der Waals surface area contributed by atoms with Gasteiger partial charge in [0, 0.05) is 41.0 Å². The van der Waals surface area contributed by atoms with Crippen LogP contribution in [0.5, 0.6) is 0 Å². The topological polar surface area (TPSA) is 92.9 Å². The molecule has 4 N–H and O–H groups in total. The molecule has 0 atom stereocenters. The lowest BCUT2D eigenvalue weighted by Crippen LogP contribution is -2.29. The third-order valence-electron chi connectivity index (χ3n) is 3.04. The summed E-state index contributed by atoms with van der Waals surface area (Å²) in [7, 11) is -0.642. The van der Waals surface area contributed by atoms with Gasteiger partial charge in [-0.2, -0.15) is 9.97 Å². The Bertz CT molecular complexity index is 444. The summed E-state index contributed by atoms with van der Waals surface area (Å²) in [6.45, 7) is 2.96. The van der Waals surface area contributed by atoms with Gasteiger partial charge in [-0.1, -0.05) is 6.92 Å². The number of nitrogen functional groups attached to an aromatic ring is 1. The number of nitrogens with zero attached hydrogens (tertiary/aromatic N) is 2. The summed E-state index contributed by atoms with van der Waals surface area (Å²) in [4.78, 5) is 8.34. The van der Waals surface area contributed by atoms with Crippen LogP contribution < -0.4 is 16.4 Å². The van der Waals surface area contributed by atoms with E-state index in [2.05, 4.69) is 27.5 Å². The highest BCUT2D eigenvalue weighted by Gasteiger charge is 2.18. The van der Waals surface area contributed by atoms with Gasteiger partial charge in [0.05, 0.1) is 0 Å². The monoisotopic (exact) mass is 283 g/mol. The van der Waals surface area contributed by atoms with E-state index < -0.39 is 10.8 Å². The Morgan fingerprint density at radius 2 is 2.05 bits per heavy atom. The minimum absolute atomic E-state index is 0.267. The summed E-state index contributed by atoms with van der Waals surface area (Å²) in [5, 5.41) is 6.55. The van der Waals surface area contributed by atoms with E-state index in [1.165, 1.54) is 0 Å². The van der Waals surface area contributed by atoms with E-state index in [0.717, 1.165) is 48.9 Å². The molecule has 106 valence electrons. The van der Waals surface area contributed by atoms with Crippen LogP contribution in [0.15, 0.2) is 6.07 Å². The first-order chi connectivity index (χ1) is 9.17. The number of nitrogens with two attached hydrogens (primary N) is 1. The van der Waals surface area contributed by atoms with Crippen LogP contribution in [0.4, 0.5) is 17.6 Å². The highest BCUT2D eigenvalue weighted by molar-refractivity contribution is 7.85. The summed E-state index contributed by atoms with van der Waals surface area (Å²) in [6, 6.07) is 2.20. The van der Waals surface area contributed by atoms with Crippen molar-refractivity contribution in [1.29, 1.82) is 0 Å². The van der Waals surface area contributed by atoms with E-state index in [4.69, 9.17) is 5.73 Å². The lowest BCUT2D eigenvalue weighted by molar-refractivity contribution is 0.622. The normalized spacial score (nSPS) is 23.0. The molecule has 0 radical (unpaired) electrons. The molecule has 1 saturated heterocycles. The Labute approximate surface area is 116 Å². The van der Waals surface area contributed by atoms with Gasteiger partial charge < -0.3 is 16.4 Å². The van der Waals surface area contributed by atoms with Crippen LogP contribution in [0.2, 0.25) is 0 Å². The minimum Gasteiger partial charge on any atom is -0.370 e. The Morgan fingerprint density at radius 3 is 2.74 bits per heavy atom. The zero-order valence-corrected chi connectivity index (χ0v) is 12.0. The number of hydrogen-bond acceptors (Lipinski definition) is 6. The van der Waals surface area contributed by atoms with E-state index in [9.17, 15) is 4.21 Å². The van der Waals surface area contributed by atoms with Crippen molar-refractivity contribution < 1.29 is 4.21 Å². The number of aromatic nitrogens is 2. The van der Waals surface area contributed by atoms with Crippen LogP contribution in [0.1, 0.15) is 26.2 Å². The highest BCUT2D eigenvalue weighted by atomic mass is 32.2. The molecule has 1 aromatic heterocycles. The molecule has 1 aromatic rings. The summed E-state index contributed by atoms with van der Waals surface area (Å²) in [6.07, 6.45) is 2.85. The number of hydrogen-bond donors (Lipinski definition) is 3. The van der Waals surface area contributed by atoms with Crippen molar-refractivity contribution in [3.05, 3.63) is 6.07 Å². The molecule has 7 heteroatoms. The summed E-state index contributed by atoms with van der Waals surface area (Å²) in [5.74, 6) is 3.28. The molecule has 1 aliphatic rings. The van der Waals surface area contributed by atoms with Gasteiger partial charge in [0.1, 0.15) is 11.6 Å². The molecule has 0 aromatic carbocycles. The largest absolute Gasteiger partial charge is 0.370 e. The first-order valence-electron chi connectivity index (χ1n) is 6.67. The third-order valence-corrected chi connectivity index (χ3v) is 4.42. The zero-order valence-electron chi connectivity index (χ0n) is 11.2. The van der Waals surface area contributed by atoms with Crippen LogP contribution in [-0.2, 0) is 10.8 Å². The maximum atomic E-state index is 11.3. The molecule has 0 amide bonds. The molecule has 0 aliphatic carbocycles. The SMILES string of the molecule is CCCNc1cc(NC2CCS(=O)CC2)nc(N)n1. The fraction of sp³-hybridized carbons (Fsp3) is 0.667. The molecule has 2 rings (SSSR count). The lowest BCUT2D eigenvalue weighted by Gasteiger charge is -2.23. The van der Waals surface area contributed by atoms with Crippen LogP contribution in [0.25, 0.3) is 0 Å². The molecule has 1 fully saturated rings. The van der Waals surface area contributed by atoms with Gasteiger partial charge in [0.25, 0.3) is 0 Å². The van der Waals surface area contributed by atoms with Crippen molar-refractivity contribution >= 4 is 28.4 Å². The molecular weight excluding hydrogens is 262 g/mol. The standard InChI is InChI=1S/C12H21N5OS/c1-2-5-14-10-8-11(17-12(13)16-10)15-9-3-6-19(18)7-4-9/h8-9H,2-7H2,1H3,(H4,13,14,15,16,17). The molecule has 6 nitrogen and oxygen atoms in total. The molecule has 0 spiro atoms. The Morgan fingerprint density at radius 1 is 1.37 bits per heavy atom. The Hall–Kier alpha value is -1.37. The van der Waals surface area contributed by atoms with E-state index in [-0.39, 0.29) is 5.95 Å². The highest BCUT2D eigenvalue weighted by Crippen LogP contribution is 2.18. The van der Waals surface area contributed by atoms with Crippen molar-refractivity contribution in [3.63, 3.8) is 0 Å². The minimum atomic E-state index is -0.642. The summed E-state index contributed by atoms with van der Waals surface area (Å²) < 4.78 is 11.3. The van der Waals surface area contributed by atoms with Gasteiger partial charge in [-0.15, -0.1) is 0 Å². The molecule has 0 bridgehead atoms. The van der Waals surface area contributed by atoms with Crippen LogP contribution >= 0.6 is 0 Å². The molecule has 0 saturated carbocycles. The Balaban J connectivity index is 1.99. The molecule has 2 heterocycles. The first kappa shape index (κ1) is 14.0. The summed E-state index contributed by atoms with van der Waals surface area (Å²) >= 11 is 0. The van der Waals surface area contributed by atoms with E-state index >= 15 is 0 Å². The summed E-state index contributed by atoms with van der Waals surface area (Å²) in [5.41, 5.74) is 5.71. The molecule has 1 aliphatic heterocycles. The maximum absolute atomic E-state index is 11.3. The van der Waals surface area contributed by atoms with Crippen molar-refractivity contribution in [2.75, 3.05) is 34.4 Å². The zero-order chi connectivity index (χ0) is 13.7. The number of anilines is 3. The lowest BCUT2D eigenvalue weighted by atomic mass is 10.1. The second-order valence-corrected chi connectivity index (χ2v) is 6.39. The molecule has 0 unspecified atom stereocenters. The average Bonchev–Trinajstić information content (AvgIpc) is 2.38. The predicted molar refractivity (Wildman–Crippen MR) is 79.7 cm³/mol. The quantitative estimate of drug-likeness (QED) is 0.752. The van der Waals surface area contributed by atoms with Crippen LogP contribution in [-0.4, -0.2) is 38.3 Å².